The third-order valence-electron chi connectivity index (χ3n) is 3.94. The third-order valence-corrected chi connectivity index (χ3v) is 4.62. The van der Waals surface area contributed by atoms with E-state index in [1.807, 2.05) is 6.07 Å². The lowest BCUT2D eigenvalue weighted by Gasteiger charge is -2.37. The summed E-state index contributed by atoms with van der Waals surface area (Å²) in [4.78, 5) is 12.5. The average Bonchev–Trinajstić information content (AvgIpc) is 2.37. The molecule has 0 saturated heterocycles. The zero-order valence-electron chi connectivity index (χ0n) is 10.8. The average molecular weight is 307 g/mol. The first-order valence-corrected chi connectivity index (χ1v) is 7.38. The maximum atomic E-state index is 12.5. The number of halogens is 1. The summed E-state index contributed by atoms with van der Waals surface area (Å²) in [7, 11) is 0. The molecule has 0 radical (unpaired) electrons. The summed E-state index contributed by atoms with van der Waals surface area (Å²) < 4.78 is 0.820. The van der Waals surface area contributed by atoms with Crippen LogP contribution in [0.15, 0.2) is 35.3 Å². The zero-order valence-corrected chi connectivity index (χ0v) is 12.4. The molecule has 1 aromatic rings. The Morgan fingerprint density at radius 3 is 2.78 bits per heavy atom. The molecule has 0 aliphatic heterocycles. The minimum Gasteiger partial charge on any atom is -0.298 e. The normalized spacial score (nSPS) is 22.7. The molecule has 1 aliphatic rings. The molecule has 1 nitrogen and oxygen atoms in total. The number of unbranched alkanes of at least 4 members (excludes halogenated alkanes) is 1. The van der Waals surface area contributed by atoms with E-state index in [2.05, 4.69) is 47.6 Å². The van der Waals surface area contributed by atoms with Crippen LogP contribution in [-0.4, -0.2) is 5.78 Å². The Bertz CT molecular complexity index is 478. The van der Waals surface area contributed by atoms with E-state index in [0.717, 1.165) is 35.7 Å². The molecule has 0 spiro atoms. The Morgan fingerprint density at radius 2 is 2.11 bits per heavy atom. The summed E-state index contributed by atoms with van der Waals surface area (Å²) >= 11 is 3.52. The van der Waals surface area contributed by atoms with E-state index in [-0.39, 0.29) is 0 Å². The maximum absolute atomic E-state index is 12.5. The minimum atomic E-state index is -0.495. The predicted octanol–water partition coefficient (Wildman–Crippen LogP) is 4.54. The van der Waals surface area contributed by atoms with Gasteiger partial charge >= 0.3 is 0 Å². The molecule has 0 aromatic heterocycles. The molecule has 0 saturated carbocycles. The summed E-state index contributed by atoms with van der Waals surface area (Å²) in [6.07, 6.45) is 4.50. The van der Waals surface area contributed by atoms with Gasteiger partial charge in [-0.15, -0.1) is 0 Å². The van der Waals surface area contributed by atoms with Gasteiger partial charge in [0.1, 0.15) is 5.78 Å². The number of fused-ring (bicyclic) bond motifs is 1. The molecule has 1 unspecified atom stereocenters. The van der Waals surface area contributed by atoms with E-state index < -0.39 is 5.41 Å². The van der Waals surface area contributed by atoms with Gasteiger partial charge < -0.3 is 0 Å². The van der Waals surface area contributed by atoms with Crippen LogP contribution in [0.4, 0.5) is 0 Å². The van der Waals surface area contributed by atoms with Gasteiger partial charge in [-0.3, -0.25) is 4.79 Å². The lowest BCUT2D eigenvalue weighted by Crippen LogP contribution is -2.40. The van der Waals surface area contributed by atoms with E-state index in [0.29, 0.717) is 12.2 Å². The number of benzene rings is 1. The smallest absolute Gasteiger partial charge is 0.148 e. The van der Waals surface area contributed by atoms with Crippen molar-refractivity contribution in [2.45, 2.75) is 44.4 Å². The second kappa shape index (κ2) is 5.40. The fraction of sp³-hybridized carbons (Fsp3) is 0.438. The van der Waals surface area contributed by atoms with E-state index >= 15 is 0 Å². The summed E-state index contributed by atoms with van der Waals surface area (Å²) in [6.45, 7) is 6.21. The highest BCUT2D eigenvalue weighted by Gasteiger charge is 2.44. The number of allylic oxidation sites excluding steroid dienone is 1. The summed E-state index contributed by atoms with van der Waals surface area (Å²) in [5.41, 5.74) is 1.97. The quantitative estimate of drug-likeness (QED) is 0.798. The molecule has 1 aliphatic carbocycles. The lowest BCUT2D eigenvalue weighted by atomic mass is 9.66. The van der Waals surface area contributed by atoms with E-state index in [9.17, 15) is 4.79 Å². The molecular formula is C16H19BrO. The van der Waals surface area contributed by atoms with Crippen LogP contribution in [0.1, 0.15) is 43.7 Å². The molecule has 1 atom stereocenters. The summed E-state index contributed by atoms with van der Waals surface area (Å²) in [6, 6.07) is 8.30. The van der Waals surface area contributed by atoms with Crippen molar-refractivity contribution < 1.29 is 4.79 Å². The van der Waals surface area contributed by atoms with Gasteiger partial charge in [-0.05, 0) is 24.0 Å². The Balaban J connectivity index is 2.55. The molecule has 18 heavy (non-hydrogen) atoms. The van der Waals surface area contributed by atoms with Crippen molar-refractivity contribution in [1.82, 2.24) is 0 Å². The van der Waals surface area contributed by atoms with Crippen LogP contribution in [0.5, 0.6) is 0 Å². The molecule has 0 amide bonds. The molecule has 0 bridgehead atoms. The standard InChI is InChI=1S/C16H19BrO/c1-3-4-11-16(12(2)17)14-8-6-5-7-13(14)9-10-15(16)18/h5-8H,2-4,9-11H2,1H3. The van der Waals surface area contributed by atoms with Gasteiger partial charge in [-0.25, -0.2) is 0 Å². The lowest BCUT2D eigenvalue weighted by molar-refractivity contribution is -0.123. The monoisotopic (exact) mass is 306 g/mol. The molecule has 0 N–H and O–H groups in total. The minimum absolute atomic E-state index is 0.316. The van der Waals surface area contributed by atoms with Crippen LogP contribution in [0, 0.1) is 0 Å². The van der Waals surface area contributed by atoms with Gasteiger partial charge in [-0.2, -0.15) is 0 Å². The molecule has 2 rings (SSSR count). The van der Waals surface area contributed by atoms with Gasteiger partial charge in [0.2, 0.25) is 0 Å². The highest BCUT2D eigenvalue weighted by molar-refractivity contribution is 9.11. The number of carbonyl (C=O) groups is 1. The van der Waals surface area contributed by atoms with E-state index in [4.69, 9.17) is 0 Å². The van der Waals surface area contributed by atoms with Crippen LogP contribution in [0.2, 0.25) is 0 Å². The van der Waals surface area contributed by atoms with Crippen molar-refractivity contribution in [2.24, 2.45) is 0 Å². The molecule has 96 valence electrons. The first kappa shape index (κ1) is 13.5. The van der Waals surface area contributed by atoms with Crippen molar-refractivity contribution in [3.63, 3.8) is 0 Å². The largest absolute Gasteiger partial charge is 0.298 e. The number of rotatable bonds is 4. The number of Topliss-reactive ketones (excluding diaryl/α,β-unsaturated/α-hetero) is 1. The van der Waals surface area contributed by atoms with E-state index in [1.165, 1.54) is 5.56 Å². The Hall–Kier alpha value is -0.890. The SMILES string of the molecule is C=C(Br)C1(CCCC)C(=O)CCc2ccccc21. The van der Waals surface area contributed by atoms with Crippen molar-refractivity contribution >= 4 is 21.7 Å². The second-order valence-electron chi connectivity index (χ2n) is 4.99. The third kappa shape index (κ3) is 2.07. The van der Waals surface area contributed by atoms with Gasteiger partial charge in [-0.1, -0.05) is 66.5 Å². The van der Waals surface area contributed by atoms with Gasteiger partial charge in [0.05, 0.1) is 5.41 Å². The molecular weight excluding hydrogens is 288 g/mol. The fourth-order valence-electron chi connectivity index (χ4n) is 2.92. The van der Waals surface area contributed by atoms with Gasteiger partial charge in [0.15, 0.2) is 0 Å². The molecule has 1 aromatic carbocycles. The number of hydrogen-bond donors (Lipinski definition) is 0. The van der Waals surface area contributed by atoms with Crippen LogP contribution in [-0.2, 0) is 16.6 Å². The molecule has 0 heterocycles. The van der Waals surface area contributed by atoms with Gasteiger partial charge in [0, 0.05) is 10.9 Å². The Morgan fingerprint density at radius 1 is 1.39 bits per heavy atom. The first-order chi connectivity index (χ1) is 8.63. The van der Waals surface area contributed by atoms with Crippen LogP contribution in [0.25, 0.3) is 0 Å². The highest BCUT2D eigenvalue weighted by Crippen LogP contribution is 2.45. The van der Waals surface area contributed by atoms with Crippen LogP contribution < -0.4 is 0 Å². The zero-order chi connectivity index (χ0) is 13.2. The van der Waals surface area contributed by atoms with Crippen molar-refractivity contribution in [1.29, 1.82) is 0 Å². The Labute approximate surface area is 117 Å². The Kier molecular flexibility index (Phi) is 4.06. The number of aryl methyl sites for hydroxylation is 1. The first-order valence-electron chi connectivity index (χ1n) is 6.59. The van der Waals surface area contributed by atoms with Crippen molar-refractivity contribution in [3.8, 4) is 0 Å². The predicted molar refractivity (Wildman–Crippen MR) is 79.0 cm³/mol. The summed E-state index contributed by atoms with van der Waals surface area (Å²) in [5.74, 6) is 0.316. The number of carbonyl (C=O) groups excluding carboxylic acids is 1. The van der Waals surface area contributed by atoms with Crippen LogP contribution in [0.3, 0.4) is 0 Å². The van der Waals surface area contributed by atoms with Crippen molar-refractivity contribution in [3.05, 3.63) is 46.5 Å². The number of hydrogen-bond acceptors (Lipinski definition) is 1. The molecule has 0 fully saturated rings. The topological polar surface area (TPSA) is 17.1 Å². The second-order valence-corrected chi connectivity index (χ2v) is 5.95. The summed E-state index contributed by atoms with van der Waals surface area (Å²) in [5, 5.41) is 0. The molecule has 2 heteroatoms. The van der Waals surface area contributed by atoms with E-state index in [1.54, 1.807) is 0 Å². The fourth-order valence-corrected chi connectivity index (χ4v) is 3.55. The van der Waals surface area contributed by atoms with Crippen molar-refractivity contribution in [2.75, 3.05) is 0 Å². The maximum Gasteiger partial charge on any atom is 0.148 e. The number of ketones is 1. The van der Waals surface area contributed by atoms with Crippen LogP contribution >= 0.6 is 15.9 Å². The van der Waals surface area contributed by atoms with Gasteiger partial charge in [0.25, 0.3) is 0 Å². The highest BCUT2D eigenvalue weighted by atomic mass is 79.9.